The Labute approximate surface area is 190 Å². The van der Waals surface area contributed by atoms with Crippen LogP contribution in [0.5, 0.6) is 5.75 Å². The van der Waals surface area contributed by atoms with Crippen LogP contribution >= 0.6 is 11.8 Å². The maximum atomic E-state index is 12.6. The van der Waals surface area contributed by atoms with Crippen molar-refractivity contribution < 1.29 is 23.9 Å². The van der Waals surface area contributed by atoms with Crippen molar-refractivity contribution in [3.8, 4) is 5.75 Å². The van der Waals surface area contributed by atoms with E-state index in [9.17, 15) is 14.4 Å². The standard InChI is InChI=1S/C24H24N2O5S/c27-22(18-8-4-9-19(15-18)31-16-20-10-5-13-30-20)25-11-12-26-23(28)21(32-24(26)29)14-17-6-2-1-3-7-17/h1-4,6-9,14-15,20H,5,10-13,16H2,(H,25,27)/b21-14-. The number of nitrogens with zero attached hydrogens (tertiary/aromatic N) is 1. The molecule has 0 aliphatic carbocycles. The summed E-state index contributed by atoms with van der Waals surface area (Å²) in [6, 6.07) is 16.3. The van der Waals surface area contributed by atoms with Gasteiger partial charge in [0.15, 0.2) is 0 Å². The van der Waals surface area contributed by atoms with Crippen LogP contribution in [0.4, 0.5) is 4.79 Å². The second-order valence-corrected chi connectivity index (χ2v) is 8.47. The molecule has 2 aromatic carbocycles. The van der Waals surface area contributed by atoms with Gasteiger partial charge in [-0.2, -0.15) is 0 Å². The number of rotatable bonds is 8. The highest BCUT2D eigenvalue weighted by atomic mass is 32.2. The Morgan fingerprint density at radius 1 is 1.19 bits per heavy atom. The number of amides is 3. The highest BCUT2D eigenvalue weighted by Gasteiger charge is 2.34. The van der Waals surface area contributed by atoms with Crippen LogP contribution in [0.15, 0.2) is 59.5 Å². The van der Waals surface area contributed by atoms with E-state index < -0.39 is 0 Å². The van der Waals surface area contributed by atoms with Gasteiger partial charge in [-0.15, -0.1) is 0 Å². The fourth-order valence-electron chi connectivity index (χ4n) is 3.47. The van der Waals surface area contributed by atoms with Gasteiger partial charge in [0.05, 0.1) is 11.0 Å². The smallest absolute Gasteiger partial charge is 0.293 e. The van der Waals surface area contributed by atoms with Crippen LogP contribution in [0, 0.1) is 0 Å². The molecule has 2 aromatic rings. The summed E-state index contributed by atoms with van der Waals surface area (Å²) in [6.45, 7) is 1.50. The van der Waals surface area contributed by atoms with E-state index in [2.05, 4.69) is 5.32 Å². The quantitative estimate of drug-likeness (QED) is 0.615. The molecule has 2 heterocycles. The Hall–Kier alpha value is -3.10. The zero-order valence-corrected chi connectivity index (χ0v) is 18.3. The van der Waals surface area contributed by atoms with Crippen molar-refractivity contribution >= 4 is 34.9 Å². The first-order chi connectivity index (χ1) is 15.6. The van der Waals surface area contributed by atoms with Crippen molar-refractivity contribution in [2.45, 2.75) is 18.9 Å². The van der Waals surface area contributed by atoms with Crippen molar-refractivity contribution in [1.29, 1.82) is 0 Å². The molecule has 1 unspecified atom stereocenters. The normalized spacial score (nSPS) is 19.6. The van der Waals surface area contributed by atoms with Gasteiger partial charge < -0.3 is 14.8 Å². The molecule has 0 bridgehead atoms. The maximum absolute atomic E-state index is 12.6. The molecular weight excluding hydrogens is 428 g/mol. The average Bonchev–Trinajstić information content (AvgIpc) is 3.42. The molecular formula is C24H24N2O5S. The highest BCUT2D eigenvalue weighted by Crippen LogP contribution is 2.31. The average molecular weight is 453 g/mol. The number of thioether (sulfide) groups is 1. The Morgan fingerprint density at radius 3 is 2.81 bits per heavy atom. The van der Waals surface area contributed by atoms with Gasteiger partial charge >= 0.3 is 0 Å². The first-order valence-electron chi connectivity index (χ1n) is 10.5. The summed E-state index contributed by atoms with van der Waals surface area (Å²) >= 11 is 0.909. The first-order valence-corrected chi connectivity index (χ1v) is 11.3. The molecule has 0 saturated carbocycles. The van der Waals surface area contributed by atoms with Crippen LogP contribution in [0.1, 0.15) is 28.8 Å². The van der Waals surface area contributed by atoms with Gasteiger partial charge in [0.1, 0.15) is 12.4 Å². The Bertz CT molecular complexity index is 1020. The molecule has 166 valence electrons. The lowest BCUT2D eigenvalue weighted by Crippen LogP contribution is -2.37. The monoisotopic (exact) mass is 452 g/mol. The highest BCUT2D eigenvalue weighted by molar-refractivity contribution is 8.18. The molecule has 0 spiro atoms. The lowest BCUT2D eigenvalue weighted by molar-refractivity contribution is -0.122. The van der Waals surface area contributed by atoms with E-state index in [0.717, 1.165) is 41.7 Å². The lowest BCUT2D eigenvalue weighted by atomic mass is 10.2. The van der Waals surface area contributed by atoms with E-state index in [-0.39, 0.29) is 36.2 Å². The summed E-state index contributed by atoms with van der Waals surface area (Å²) in [4.78, 5) is 38.8. The number of benzene rings is 2. The van der Waals surface area contributed by atoms with Crippen molar-refractivity contribution in [2.24, 2.45) is 0 Å². The van der Waals surface area contributed by atoms with E-state index >= 15 is 0 Å². The van der Waals surface area contributed by atoms with E-state index in [0.29, 0.717) is 22.8 Å². The molecule has 0 aromatic heterocycles. The van der Waals surface area contributed by atoms with Crippen molar-refractivity contribution in [1.82, 2.24) is 10.2 Å². The maximum Gasteiger partial charge on any atom is 0.293 e. The third-order valence-electron chi connectivity index (χ3n) is 5.15. The fraction of sp³-hybridized carbons (Fsp3) is 0.292. The molecule has 2 fully saturated rings. The van der Waals surface area contributed by atoms with E-state index in [1.165, 1.54) is 0 Å². The first kappa shape index (κ1) is 22.1. The lowest BCUT2D eigenvalue weighted by Gasteiger charge is -2.14. The minimum absolute atomic E-state index is 0.0988. The molecule has 2 aliphatic rings. The third-order valence-corrected chi connectivity index (χ3v) is 6.06. The second kappa shape index (κ2) is 10.5. The molecule has 3 amide bonds. The van der Waals surface area contributed by atoms with Crippen LogP contribution in [0.2, 0.25) is 0 Å². The third kappa shape index (κ3) is 5.57. The van der Waals surface area contributed by atoms with Crippen LogP contribution in [-0.4, -0.2) is 54.4 Å². The number of nitrogens with one attached hydrogen (secondary N) is 1. The topological polar surface area (TPSA) is 84.9 Å². The van der Waals surface area contributed by atoms with Crippen molar-refractivity contribution in [3.63, 3.8) is 0 Å². The number of hydrogen-bond donors (Lipinski definition) is 1. The summed E-state index contributed by atoms with van der Waals surface area (Å²) in [5, 5.41) is 2.42. The Morgan fingerprint density at radius 2 is 2.03 bits per heavy atom. The van der Waals surface area contributed by atoms with Crippen LogP contribution < -0.4 is 10.1 Å². The fourth-order valence-corrected chi connectivity index (χ4v) is 4.33. The minimum Gasteiger partial charge on any atom is -0.491 e. The number of carbonyl (C=O) groups is 3. The van der Waals surface area contributed by atoms with Gasteiger partial charge in [-0.3, -0.25) is 19.3 Å². The van der Waals surface area contributed by atoms with Crippen molar-refractivity contribution in [3.05, 3.63) is 70.6 Å². The summed E-state index contributed by atoms with van der Waals surface area (Å²) in [6.07, 6.45) is 3.82. The van der Waals surface area contributed by atoms with E-state index in [4.69, 9.17) is 9.47 Å². The molecule has 1 N–H and O–H groups in total. The largest absolute Gasteiger partial charge is 0.491 e. The van der Waals surface area contributed by atoms with E-state index in [1.807, 2.05) is 30.3 Å². The van der Waals surface area contributed by atoms with Gasteiger partial charge in [0, 0.05) is 25.3 Å². The van der Waals surface area contributed by atoms with Gasteiger partial charge in [0.25, 0.3) is 17.1 Å². The van der Waals surface area contributed by atoms with Gasteiger partial charge in [-0.05, 0) is 54.4 Å². The van der Waals surface area contributed by atoms with Gasteiger partial charge in [0.2, 0.25) is 0 Å². The molecule has 1 atom stereocenters. The summed E-state index contributed by atoms with van der Waals surface area (Å²) in [5.74, 6) is -0.0351. The SMILES string of the molecule is O=C(NCCN1C(=O)S/C(=C\c2ccccc2)C1=O)c1cccc(OCC2CCCO2)c1. The molecule has 2 aliphatic heterocycles. The summed E-state index contributed by atoms with van der Waals surface area (Å²) in [5.41, 5.74) is 1.31. The Balaban J connectivity index is 1.28. The number of imide groups is 1. The molecule has 4 rings (SSSR count). The number of ether oxygens (including phenoxy) is 2. The summed E-state index contributed by atoms with van der Waals surface area (Å²) in [7, 11) is 0. The molecule has 32 heavy (non-hydrogen) atoms. The predicted octanol–water partition coefficient (Wildman–Crippen LogP) is 3.71. The molecule has 7 nitrogen and oxygen atoms in total. The van der Waals surface area contributed by atoms with Gasteiger partial charge in [-0.1, -0.05) is 36.4 Å². The number of carbonyl (C=O) groups excluding carboxylic acids is 3. The van der Waals surface area contributed by atoms with Crippen molar-refractivity contribution in [2.75, 3.05) is 26.3 Å². The van der Waals surface area contributed by atoms with E-state index in [1.54, 1.807) is 30.3 Å². The summed E-state index contributed by atoms with van der Waals surface area (Å²) < 4.78 is 11.3. The molecule has 0 radical (unpaired) electrons. The molecule has 2 saturated heterocycles. The second-order valence-electron chi connectivity index (χ2n) is 7.47. The molecule has 8 heteroatoms. The van der Waals surface area contributed by atoms with Gasteiger partial charge in [-0.25, -0.2) is 0 Å². The Kier molecular flexibility index (Phi) is 7.24. The van der Waals surface area contributed by atoms with Crippen LogP contribution in [0.25, 0.3) is 6.08 Å². The zero-order valence-electron chi connectivity index (χ0n) is 17.5. The minimum atomic E-state index is -0.345. The van der Waals surface area contributed by atoms with Crippen LogP contribution in [0.3, 0.4) is 0 Å². The van der Waals surface area contributed by atoms with Crippen LogP contribution in [-0.2, 0) is 9.53 Å². The predicted molar refractivity (Wildman–Crippen MR) is 122 cm³/mol. The zero-order chi connectivity index (χ0) is 22.3. The number of hydrogen-bond acceptors (Lipinski definition) is 6.